The molecule has 3 aliphatic heterocycles. The summed E-state index contributed by atoms with van der Waals surface area (Å²) in [5.74, 6) is 0.118. The Morgan fingerprint density at radius 1 is 1.07 bits per heavy atom. The summed E-state index contributed by atoms with van der Waals surface area (Å²) in [6, 6.07) is 7.49. The zero-order chi connectivity index (χ0) is 40.9. The Hall–Kier alpha value is -4.97. The second-order valence-electron chi connectivity index (χ2n) is 15.4. The van der Waals surface area contributed by atoms with E-state index < -0.39 is 17.5 Å². The van der Waals surface area contributed by atoms with Crippen molar-refractivity contribution in [1.82, 2.24) is 25.1 Å². The first-order valence-electron chi connectivity index (χ1n) is 19.9. The fourth-order valence-corrected chi connectivity index (χ4v) is 9.08. The zero-order valence-corrected chi connectivity index (χ0v) is 35.1. The Morgan fingerprint density at radius 2 is 1.79 bits per heavy atom. The van der Waals surface area contributed by atoms with Crippen molar-refractivity contribution in [2.75, 3.05) is 30.3 Å². The van der Waals surface area contributed by atoms with Crippen molar-refractivity contribution in [3.8, 4) is 23.2 Å². The maximum atomic E-state index is 15.6. The molecule has 12 nitrogen and oxygen atoms in total. The Morgan fingerprint density at radius 3 is 2.46 bits per heavy atom. The highest BCUT2D eigenvalue weighted by atomic mass is 32.1. The number of rotatable bonds is 8. The molecule has 0 atom stereocenters. The van der Waals surface area contributed by atoms with Gasteiger partial charge in [-0.1, -0.05) is 40.2 Å². The maximum absolute atomic E-state index is 15.6. The van der Waals surface area contributed by atoms with Gasteiger partial charge in [-0.2, -0.15) is 25.4 Å². The molecule has 0 aliphatic carbocycles. The van der Waals surface area contributed by atoms with Gasteiger partial charge in [-0.3, -0.25) is 10.2 Å². The molecule has 302 valence electrons. The summed E-state index contributed by atoms with van der Waals surface area (Å²) in [5.41, 5.74) is 5.08. The van der Waals surface area contributed by atoms with Gasteiger partial charge in [0.2, 0.25) is 0 Å². The third-order valence-corrected chi connectivity index (χ3v) is 11.4. The minimum atomic E-state index is -0.757. The SMILES string of the molecule is CC.CCC.Cc1c(-c2ccc(F)c3sc(NC(=O)OC(C)(C)C)c(C#N)c23)c2c(c3c(NCc4ccnnc4)nc(OCC45CCCN4CCC5)nc13)COC2. The molecule has 0 unspecified atom stereocenters. The zero-order valence-electron chi connectivity index (χ0n) is 34.3. The van der Waals surface area contributed by atoms with E-state index in [-0.39, 0.29) is 26.8 Å². The van der Waals surface area contributed by atoms with Gasteiger partial charge in [-0.05, 0) is 112 Å². The quantitative estimate of drug-likeness (QED) is 0.155. The number of nitrogens with one attached hydrogen (secondary N) is 2. The van der Waals surface area contributed by atoms with Crippen molar-refractivity contribution in [2.45, 2.75) is 118 Å². The first kappa shape index (κ1) is 41.7. The Kier molecular flexibility index (Phi) is 12.9. The number of aromatic nitrogens is 4. The van der Waals surface area contributed by atoms with E-state index in [9.17, 15) is 10.1 Å². The van der Waals surface area contributed by atoms with Crippen LogP contribution in [0.2, 0.25) is 0 Å². The highest BCUT2D eigenvalue weighted by molar-refractivity contribution is 7.23. The van der Waals surface area contributed by atoms with Crippen LogP contribution in [0.15, 0.2) is 30.6 Å². The molecule has 57 heavy (non-hydrogen) atoms. The van der Waals surface area contributed by atoms with Crippen LogP contribution in [-0.2, 0) is 29.2 Å². The number of fused-ring (bicyclic) bond motifs is 5. The van der Waals surface area contributed by atoms with Crippen LogP contribution >= 0.6 is 11.3 Å². The molecule has 0 radical (unpaired) electrons. The monoisotopic (exact) mass is 796 g/mol. The van der Waals surface area contributed by atoms with E-state index >= 15 is 4.39 Å². The molecule has 3 aromatic heterocycles. The summed E-state index contributed by atoms with van der Waals surface area (Å²) in [6.07, 6.45) is 8.35. The van der Waals surface area contributed by atoms with Gasteiger partial charge >= 0.3 is 12.1 Å². The van der Waals surface area contributed by atoms with Gasteiger partial charge in [-0.25, -0.2) is 9.18 Å². The first-order valence-corrected chi connectivity index (χ1v) is 20.7. The van der Waals surface area contributed by atoms with E-state index in [2.05, 4.69) is 45.6 Å². The van der Waals surface area contributed by atoms with Gasteiger partial charge in [0, 0.05) is 23.5 Å². The predicted octanol–water partition coefficient (Wildman–Crippen LogP) is 10.1. The number of aryl methyl sites for hydroxylation is 1. The van der Waals surface area contributed by atoms with E-state index in [1.165, 1.54) is 12.5 Å². The van der Waals surface area contributed by atoms with Gasteiger partial charge < -0.3 is 19.5 Å². The maximum Gasteiger partial charge on any atom is 0.412 e. The number of benzene rings is 2. The lowest BCUT2D eigenvalue weighted by molar-refractivity contribution is 0.0636. The minimum Gasteiger partial charge on any atom is -0.461 e. The lowest BCUT2D eigenvalue weighted by Gasteiger charge is -2.31. The number of hydrogen-bond acceptors (Lipinski definition) is 12. The Labute approximate surface area is 338 Å². The summed E-state index contributed by atoms with van der Waals surface area (Å²) in [6.45, 7) is 19.2. The molecule has 0 bridgehead atoms. The number of nitrogens with zero attached hydrogens (tertiary/aromatic N) is 6. The van der Waals surface area contributed by atoms with Crippen LogP contribution in [0.25, 0.3) is 32.1 Å². The van der Waals surface area contributed by atoms with Crippen LogP contribution in [0.1, 0.15) is 108 Å². The summed E-state index contributed by atoms with van der Waals surface area (Å²) < 4.78 is 33.9. The third-order valence-electron chi connectivity index (χ3n) is 10.3. The highest BCUT2D eigenvalue weighted by Crippen LogP contribution is 2.48. The van der Waals surface area contributed by atoms with Gasteiger partial charge in [-0.15, -0.1) is 11.3 Å². The smallest absolute Gasteiger partial charge is 0.412 e. The lowest BCUT2D eigenvalue weighted by atomic mass is 9.87. The molecular formula is C43H53FN8O4S. The summed E-state index contributed by atoms with van der Waals surface area (Å²) >= 11 is 1.01. The van der Waals surface area contributed by atoms with Gasteiger partial charge in [0.25, 0.3) is 0 Å². The van der Waals surface area contributed by atoms with Crippen LogP contribution in [0, 0.1) is 24.1 Å². The van der Waals surface area contributed by atoms with Crippen molar-refractivity contribution in [2.24, 2.45) is 0 Å². The standard InChI is InChI=1S/C38H39FN8O4S.C3H8.C2H6/c1-21-28(23-7-8-27(39)32-29(23)24(15-40)34(52-32)46-36(48)51-37(2,3)4)25-18-49-19-26(25)30-31(21)44-35(45-33(30)41-16-22-9-12-42-43-17-22)50-20-38-10-5-13-47(38)14-6-11-38;1-3-2;1-2/h7-9,12,17H,5-6,10-11,13-14,16,18-20H2,1-4H3,(H,46,48)(H,41,44,45);3H2,1-2H3;1-2H3. The molecule has 14 heteroatoms. The number of anilines is 2. The third kappa shape index (κ3) is 8.51. The number of ether oxygens (including phenoxy) is 3. The molecule has 2 saturated heterocycles. The number of hydrogen-bond donors (Lipinski definition) is 2. The number of halogens is 1. The topological polar surface area (TPSA) is 147 Å². The molecule has 0 saturated carbocycles. The second kappa shape index (κ2) is 17.7. The average Bonchev–Trinajstić information content (AvgIpc) is 3.99. The van der Waals surface area contributed by atoms with Crippen LogP contribution in [0.5, 0.6) is 6.01 Å². The summed E-state index contributed by atoms with van der Waals surface area (Å²) in [7, 11) is 0. The summed E-state index contributed by atoms with van der Waals surface area (Å²) in [5, 5.41) is 26.0. The number of amides is 1. The van der Waals surface area contributed by atoms with Gasteiger partial charge in [0.15, 0.2) is 0 Å². The van der Waals surface area contributed by atoms with Crippen molar-refractivity contribution in [1.29, 1.82) is 5.26 Å². The fraction of sp³-hybridized carbons (Fsp3) is 0.488. The van der Waals surface area contributed by atoms with E-state index in [0.717, 1.165) is 83.3 Å². The predicted molar refractivity (Wildman–Crippen MR) is 223 cm³/mol. The largest absolute Gasteiger partial charge is 0.461 e. The van der Waals surface area contributed by atoms with Crippen molar-refractivity contribution in [3.63, 3.8) is 0 Å². The molecule has 2 fully saturated rings. The number of thiophene rings is 1. The Balaban J connectivity index is 0.00000105. The Bertz CT molecular complexity index is 2280. The minimum absolute atomic E-state index is 0.00198. The average molecular weight is 797 g/mol. The van der Waals surface area contributed by atoms with Crippen molar-refractivity contribution >= 4 is 49.2 Å². The molecule has 2 aromatic carbocycles. The fourth-order valence-electron chi connectivity index (χ4n) is 8.01. The molecule has 1 amide bonds. The van der Waals surface area contributed by atoms with E-state index in [0.29, 0.717) is 48.6 Å². The van der Waals surface area contributed by atoms with Crippen LogP contribution in [0.3, 0.4) is 0 Å². The second-order valence-corrected chi connectivity index (χ2v) is 16.4. The number of nitriles is 1. The summed E-state index contributed by atoms with van der Waals surface area (Å²) in [4.78, 5) is 25.3. The van der Waals surface area contributed by atoms with Crippen LogP contribution in [-0.4, -0.2) is 62.0 Å². The van der Waals surface area contributed by atoms with Crippen molar-refractivity contribution < 1.29 is 23.4 Å². The molecule has 6 heterocycles. The molecule has 8 rings (SSSR count). The lowest BCUT2D eigenvalue weighted by Crippen LogP contribution is -2.43. The molecule has 2 N–H and O–H groups in total. The van der Waals surface area contributed by atoms with E-state index in [4.69, 9.17) is 24.2 Å². The molecule has 0 spiro atoms. The van der Waals surface area contributed by atoms with E-state index in [1.54, 1.807) is 39.2 Å². The van der Waals surface area contributed by atoms with Crippen LogP contribution in [0.4, 0.5) is 20.0 Å². The molecular weight excluding hydrogens is 744 g/mol. The van der Waals surface area contributed by atoms with E-state index in [1.807, 2.05) is 26.8 Å². The molecule has 3 aliphatic rings. The highest BCUT2D eigenvalue weighted by Gasteiger charge is 2.45. The first-order chi connectivity index (χ1) is 27.5. The number of carbonyl (C=O) groups excluding carboxylic acids is 1. The van der Waals surface area contributed by atoms with Crippen LogP contribution < -0.4 is 15.4 Å². The number of carbonyl (C=O) groups is 1. The van der Waals surface area contributed by atoms with Gasteiger partial charge in [0.1, 0.15) is 34.9 Å². The van der Waals surface area contributed by atoms with Crippen molar-refractivity contribution in [3.05, 3.63) is 64.2 Å². The molecule has 5 aromatic rings. The van der Waals surface area contributed by atoms with Gasteiger partial charge in [0.05, 0.1) is 40.7 Å². The normalized spacial score (nSPS) is 15.5.